The molecule has 1 aromatic rings. The third-order valence-corrected chi connectivity index (χ3v) is 4.49. The molecule has 1 amide bonds. The maximum atomic E-state index is 12.0. The number of carbonyl (C=O) groups is 1. The first-order valence-electron chi connectivity index (χ1n) is 7.29. The Morgan fingerprint density at radius 2 is 2.35 bits per heavy atom. The molecule has 1 atom stereocenters. The summed E-state index contributed by atoms with van der Waals surface area (Å²) in [7, 11) is 0. The van der Waals surface area contributed by atoms with Crippen LogP contribution in [0, 0.1) is 0 Å². The van der Waals surface area contributed by atoms with Crippen LogP contribution in [0.25, 0.3) is 0 Å². The zero-order valence-corrected chi connectivity index (χ0v) is 12.8. The Morgan fingerprint density at radius 1 is 1.45 bits per heavy atom. The van der Waals surface area contributed by atoms with Gasteiger partial charge in [-0.3, -0.25) is 4.79 Å². The molecule has 1 aliphatic carbocycles. The van der Waals surface area contributed by atoms with Crippen molar-refractivity contribution < 1.29 is 4.79 Å². The fourth-order valence-electron chi connectivity index (χ4n) is 2.27. The normalized spacial score (nSPS) is 16.4. The second-order valence-electron chi connectivity index (χ2n) is 5.08. The van der Waals surface area contributed by atoms with Gasteiger partial charge in [0.15, 0.2) is 0 Å². The summed E-state index contributed by atoms with van der Waals surface area (Å²) in [5.74, 6) is 0.0945. The van der Waals surface area contributed by atoms with Gasteiger partial charge >= 0.3 is 0 Å². The molecule has 108 valence electrons. The zero-order chi connectivity index (χ0) is 14.2. The summed E-state index contributed by atoms with van der Waals surface area (Å²) in [4.78, 5) is 16.2. The van der Waals surface area contributed by atoms with Crippen LogP contribution >= 0.6 is 11.8 Å². The van der Waals surface area contributed by atoms with Crippen molar-refractivity contribution in [1.82, 2.24) is 10.3 Å². The fourth-order valence-corrected chi connectivity index (χ4v) is 3.10. The third kappa shape index (κ3) is 5.00. The van der Waals surface area contributed by atoms with Gasteiger partial charge in [-0.05, 0) is 51.2 Å². The predicted octanol–water partition coefficient (Wildman–Crippen LogP) is 3.57. The number of rotatable bonds is 6. The van der Waals surface area contributed by atoms with Crippen LogP contribution in [0.5, 0.6) is 0 Å². The summed E-state index contributed by atoms with van der Waals surface area (Å²) >= 11 is 1.50. The van der Waals surface area contributed by atoms with E-state index in [-0.39, 0.29) is 11.2 Å². The molecule has 1 aromatic heterocycles. The predicted molar refractivity (Wildman–Crippen MR) is 83.7 cm³/mol. The SMILES string of the molecule is C[C@@H](Sc1ccccn1)C(=O)NCCC1=CCCCC1. The first kappa shape index (κ1) is 15.1. The maximum Gasteiger partial charge on any atom is 0.233 e. The number of aromatic nitrogens is 1. The average Bonchev–Trinajstić information content (AvgIpc) is 2.49. The smallest absolute Gasteiger partial charge is 0.233 e. The summed E-state index contributed by atoms with van der Waals surface area (Å²) in [6.45, 7) is 2.67. The lowest BCUT2D eigenvalue weighted by Crippen LogP contribution is -2.31. The molecule has 0 aliphatic heterocycles. The van der Waals surface area contributed by atoms with Crippen molar-refractivity contribution in [2.75, 3.05) is 6.54 Å². The molecule has 0 aromatic carbocycles. The Balaban J connectivity index is 1.70. The zero-order valence-electron chi connectivity index (χ0n) is 12.0. The summed E-state index contributed by atoms with van der Waals surface area (Å²) in [5, 5.41) is 3.81. The van der Waals surface area contributed by atoms with Crippen LogP contribution in [0.4, 0.5) is 0 Å². The largest absolute Gasteiger partial charge is 0.355 e. The van der Waals surface area contributed by atoms with E-state index >= 15 is 0 Å². The van der Waals surface area contributed by atoms with E-state index in [9.17, 15) is 4.79 Å². The van der Waals surface area contributed by atoms with Crippen molar-refractivity contribution in [3.8, 4) is 0 Å². The molecule has 0 bridgehead atoms. The van der Waals surface area contributed by atoms with Crippen molar-refractivity contribution in [2.45, 2.75) is 49.3 Å². The topological polar surface area (TPSA) is 42.0 Å². The highest BCUT2D eigenvalue weighted by Crippen LogP contribution is 2.21. The Morgan fingerprint density at radius 3 is 3.05 bits per heavy atom. The van der Waals surface area contributed by atoms with E-state index in [1.54, 1.807) is 6.20 Å². The van der Waals surface area contributed by atoms with Gasteiger partial charge in [0, 0.05) is 12.7 Å². The van der Waals surface area contributed by atoms with E-state index in [0.717, 1.165) is 18.0 Å². The van der Waals surface area contributed by atoms with Gasteiger partial charge in [-0.25, -0.2) is 4.98 Å². The lowest BCUT2D eigenvalue weighted by atomic mass is 9.97. The first-order chi connectivity index (χ1) is 9.75. The van der Waals surface area contributed by atoms with Crippen LogP contribution in [-0.4, -0.2) is 22.7 Å². The molecule has 0 spiro atoms. The molecule has 1 heterocycles. The van der Waals surface area contributed by atoms with Crippen molar-refractivity contribution in [2.24, 2.45) is 0 Å². The standard InChI is InChI=1S/C16H22N2OS/c1-13(20-15-9-5-6-11-17-15)16(19)18-12-10-14-7-3-2-4-8-14/h5-7,9,11,13H,2-4,8,10,12H2,1H3,(H,18,19)/t13-/m1/s1. The Kier molecular flexibility index (Phi) is 6.12. The molecule has 1 N–H and O–H groups in total. The van der Waals surface area contributed by atoms with Crippen LogP contribution in [0.2, 0.25) is 0 Å². The van der Waals surface area contributed by atoms with Gasteiger partial charge in [-0.1, -0.05) is 29.5 Å². The van der Waals surface area contributed by atoms with E-state index in [1.807, 2.05) is 25.1 Å². The van der Waals surface area contributed by atoms with E-state index in [2.05, 4.69) is 16.4 Å². The molecule has 2 rings (SSSR count). The number of pyridine rings is 1. The highest BCUT2D eigenvalue weighted by atomic mass is 32.2. The number of nitrogens with zero attached hydrogens (tertiary/aromatic N) is 1. The molecule has 0 saturated carbocycles. The number of hydrogen-bond donors (Lipinski definition) is 1. The van der Waals surface area contributed by atoms with Gasteiger partial charge in [-0.2, -0.15) is 0 Å². The third-order valence-electron chi connectivity index (χ3n) is 3.43. The molecule has 0 saturated heterocycles. The molecule has 1 aliphatic rings. The summed E-state index contributed by atoms with van der Waals surface area (Å²) in [6.07, 6.45) is 10.1. The van der Waals surface area contributed by atoms with Crippen molar-refractivity contribution in [1.29, 1.82) is 0 Å². The molecule has 4 heteroatoms. The Labute approximate surface area is 125 Å². The second kappa shape index (κ2) is 8.10. The summed E-state index contributed by atoms with van der Waals surface area (Å²) in [6, 6.07) is 5.75. The van der Waals surface area contributed by atoms with E-state index < -0.39 is 0 Å². The van der Waals surface area contributed by atoms with E-state index in [1.165, 1.54) is 43.0 Å². The molecule has 0 fully saturated rings. The van der Waals surface area contributed by atoms with Crippen LogP contribution in [-0.2, 0) is 4.79 Å². The van der Waals surface area contributed by atoms with Gasteiger partial charge in [-0.15, -0.1) is 0 Å². The van der Waals surface area contributed by atoms with Crippen LogP contribution in [0.1, 0.15) is 39.0 Å². The number of allylic oxidation sites excluding steroid dienone is 1. The average molecular weight is 290 g/mol. The molecule has 0 unspecified atom stereocenters. The molecule has 20 heavy (non-hydrogen) atoms. The quantitative estimate of drug-likeness (QED) is 0.643. The lowest BCUT2D eigenvalue weighted by molar-refractivity contribution is -0.120. The van der Waals surface area contributed by atoms with Gasteiger partial charge in [0.05, 0.1) is 10.3 Å². The molecule has 3 nitrogen and oxygen atoms in total. The number of amides is 1. The minimum Gasteiger partial charge on any atom is -0.355 e. The van der Waals surface area contributed by atoms with Crippen LogP contribution in [0.15, 0.2) is 41.1 Å². The lowest BCUT2D eigenvalue weighted by Gasteiger charge is -2.14. The molecular formula is C16H22N2OS. The summed E-state index contributed by atoms with van der Waals surface area (Å²) < 4.78 is 0. The minimum atomic E-state index is -0.106. The monoisotopic (exact) mass is 290 g/mol. The van der Waals surface area contributed by atoms with Gasteiger partial charge < -0.3 is 5.32 Å². The number of thioether (sulfide) groups is 1. The molecule has 0 radical (unpaired) electrons. The number of hydrogen-bond acceptors (Lipinski definition) is 3. The fraction of sp³-hybridized carbons (Fsp3) is 0.500. The Hall–Kier alpha value is -1.29. The molecular weight excluding hydrogens is 268 g/mol. The van der Waals surface area contributed by atoms with Crippen molar-refractivity contribution >= 4 is 17.7 Å². The van der Waals surface area contributed by atoms with Crippen molar-refractivity contribution in [3.63, 3.8) is 0 Å². The second-order valence-corrected chi connectivity index (χ2v) is 6.44. The highest BCUT2D eigenvalue weighted by Gasteiger charge is 2.14. The van der Waals surface area contributed by atoms with Crippen LogP contribution < -0.4 is 5.32 Å². The Bertz CT molecular complexity index is 459. The number of carbonyl (C=O) groups excluding carboxylic acids is 1. The summed E-state index contributed by atoms with van der Waals surface area (Å²) in [5.41, 5.74) is 1.50. The van der Waals surface area contributed by atoms with E-state index in [4.69, 9.17) is 0 Å². The first-order valence-corrected chi connectivity index (χ1v) is 8.17. The minimum absolute atomic E-state index is 0.0945. The van der Waals surface area contributed by atoms with Gasteiger partial charge in [0.25, 0.3) is 0 Å². The van der Waals surface area contributed by atoms with Gasteiger partial charge in [0.2, 0.25) is 5.91 Å². The maximum absolute atomic E-state index is 12.0. The van der Waals surface area contributed by atoms with E-state index in [0.29, 0.717) is 0 Å². The number of nitrogens with one attached hydrogen (secondary N) is 1. The highest BCUT2D eigenvalue weighted by molar-refractivity contribution is 8.00. The van der Waals surface area contributed by atoms with Crippen LogP contribution in [0.3, 0.4) is 0 Å². The van der Waals surface area contributed by atoms with Gasteiger partial charge in [0.1, 0.15) is 0 Å². The van der Waals surface area contributed by atoms with Crippen molar-refractivity contribution in [3.05, 3.63) is 36.0 Å².